The molecular weight excluding hydrogens is 604 g/mol. The number of ether oxygens (including phenoxy) is 2. The van der Waals surface area contributed by atoms with Crippen molar-refractivity contribution in [3.8, 4) is 0 Å². The average molecular weight is 653 g/mol. The Kier molecular flexibility index (Phi) is 14.7. The van der Waals surface area contributed by atoms with Gasteiger partial charge in [0.15, 0.2) is 5.78 Å². The summed E-state index contributed by atoms with van der Waals surface area (Å²) in [6.45, 7) is 5.07. The number of rotatable bonds is 5. The van der Waals surface area contributed by atoms with Crippen LogP contribution in [-0.2, 0) is 33.4 Å². The van der Waals surface area contributed by atoms with Crippen molar-refractivity contribution in [3.05, 3.63) is 71.5 Å². The number of hydrogen-bond donors (Lipinski definition) is 4. The standard InChI is InChI=1S/C36H48N2O9/c1-22-11-10-12-26-19-28(40)20-30(34(26)43)38-32(41)21-29(46-4)13-8-6-5-7-9-14-31(23(2)33(22)42)47-36(45)24(3)37-35(44)25-15-17-27(39)18-16-25/h5-9,11,13,19-20,23-25,27,29,31,33,39,42H,10,12,14-18,21H2,1-4H3,(H,37,44)(H,38,41)/b6-5+,9-7+,13-8-,22-11+/t23?,24-,25?,27?,29?,31?,33?/m1/s1. The quantitative estimate of drug-likeness (QED) is 0.198. The van der Waals surface area contributed by atoms with E-state index in [0.29, 0.717) is 37.7 Å². The normalized spacial score (nSPS) is 32.1. The van der Waals surface area contributed by atoms with E-state index in [1.807, 2.05) is 6.08 Å². The molecule has 1 saturated carbocycles. The van der Waals surface area contributed by atoms with Crippen molar-refractivity contribution >= 4 is 29.4 Å². The number of methoxy groups -OCH3 is 1. The maximum absolute atomic E-state index is 13.1. The van der Waals surface area contributed by atoms with Crippen molar-refractivity contribution in [3.63, 3.8) is 0 Å². The van der Waals surface area contributed by atoms with Crippen LogP contribution in [0.25, 0.3) is 0 Å². The number of nitrogens with one attached hydrogen (secondary N) is 2. The van der Waals surface area contributed by atoms with Gasteiger partial charge in [0.05, 0.1) is 30.4 Å². The van der Waals surface area contributed by atoms with Crippen LogP contribution in [-0.4, -0.2) is 77.1 Å². The van der Waals surface area contributed by atoms with E-state index in [2.05, 4.69) is 10.6 Å². The summed E-state index contributed by atoms with van der Waals surface area (Å²) in [7, 11) is 1.46. The molecule has 3 aliphatic rings. The number of fused-ring (bicyclic) bond motifs is 2. The van der Waals surface area contributed by atoms with Gasteiger partial charge in [-0.05, 0) is 64.0 Å². The summed E-state index contributed by atoms with van der Waals surface area (Å²) in [5, 5.41) is 26.3. The van der Waals surface area contributed by atoms with Gasteiger partial charge in [0.1, 0.15) is 12.1 Å². The van der Waals surface area contributed by atoms with E-state index in [1.165, 1.54) is 13.2 Å². The topological polar surface area (TPSA) is 168 Å². The van der Waals surface area contributed by atoms with Gasteiger partial charge in [0.25, 0.3) is 0 Å². The van der Waals surface area contributed by atoms with Gasteiger partial charge in [-0.25, -0.2) is 4.79 Å². The third-order valence-electron chi connectivity index (χ3n) is 8.74. The first-order chi connectivity index (χ1) is 22.4. The predicted molar refractivity (Wildman–Crippen MR) is 175 cm³/mol. The summed E-state index contributed by atoms with van der Waals surface area (Å²) in [6, 6.07) is -0.910. The van der Waals surface area contributed by atoms with Crippen molar-refractivity contribution in [2.24, 2.45) is 11.8 Å². The van der Waals surface area contributed by atoms with Crippen LogP contribution in [0.5, 0.6) is 0 Å². The Hall–Kier alpha value is -3.93. The van der Waals surface area contributed by atoms with Gasteiger partial charge in [0.2, 0.25) is 17.6 Å². The highest BCUT2D eigenvalue weighted by Gasteiger charge is 2.32. The first-order valence-electron chi connectivity index (χ1n) is 16.3. The Labute approximate surface area is 276 Å². The molecule has 0 aromatic carbocycles. The number of ketones is 2. The van der Waals surface area contributed by atoms with E-state index in [4.69, 9.17) is 9.47 Å². The van der Waals surface area contributed by atoms with Crippen LogP contribution in [0.1, 0.15) is 72.1 Å². The molecule has 4 unspecified atom stereocenters. The van der Waals surface area contributed by atoms with E-state index >= 15 is 0 Å². The minimum atomic E-state index is -0.995. The summed E-state index contributed by atoms with van der Waals surface area (Å²) < 4.78 is 11.2. The first kappa shape index (κ1) is 37.5. The minimum Gasteiger partial charge on any atom is -0.460 e. The van der Waals surface area contributed by atoms with Gasteiger partial charge in [-0.3, -0.25) is 19.2 Å². The molecule has 11 nitrogen and oxygen atoms in total. The maximum atomic E-state index is 13.1. The Bertz CT molecular complexity index is 1350. The van der Waals surface area contributed by atoms with Crippen molar-refractivity contribution in [1.82, 2.24) is 10.6 Å². The zero-order valence-electron chi connectivity index (χ0n) is 27.6. The molecule has 47 heavy (non-hydrogen) atoms. The number of hydrogen-bond acceptors (Lipinski definition) is 9. The highest BCUT2D eigenvalue weighted by Crippen LogP contribution is 2.26. The van der Waals surface area contributed by atoms with Gasteiger partial charge in [-0.2, -0.15) is 0 Å². The van der Waals surface area contributed by atoms with Crippen LogP contribution in [0.3, 0.4) is 0 Å². The number of aliphatic hydroxyl groups is 2. The van der Waals surface area contributed by atoms with E-state index in [1.54, 1.807) is 57.2 Å². The molecule has 0 spiro atoms. The summed E-state index contributed by atoms with van der Waals surface area (Å²) in [6.07, 6.45) is 14.9. The zero-order valence-corrected chi connectivity index (χ0v) is 27.6. The van der Waals surface area contributed by atoms with Gasteiger partial charge < -0.3 is 30.3 Å². The van der Waals surface area contributed by atoms with Crippen LogP contribution >= 0.6 is 0 Å². The number of carbonyl (C=O) groups excluding carboxylic acids is 5. The maximum Gasteiger partial charge on any atom is 0.328 e. The summed E-state index contributed by atoms with van der Waals surface area (Å²) >= 11 is 0. The summed E-state index contributed by atoms with van der Waals surface area (Å²) in [4.78, 5) is 63.9. The molecule has 0 aromatic heterocycles. The molecule has 3 rings (SSSR count). The van der Waals surface area contributed by atoms with Gasteiger partial charge in [-0.15, -0.1) is 0 Å². The lowest BCUT2D eigenvalue weighted by molar-refractivity contribution is -0.156. The number of Topliss-reactive ketones (excluding diaryl/α,β-unsaturated/α-hetero) is 1. The second-order valence-electron chi connectivity index (χ2n) is 12.4. The molecule has 2 amide bonds. The fourth-order valence-corrected chi connectivity index (χ4v) is 5.70. The molecule has 0 aromatic rings. The Morgan fingerprint density at radius 1 is 1.02 bits per heavy atom. The lowest BCUT2D eigenvalue weighted by Crippen LogP contribution is -2.45. The molecule has 5 atom stereocenters. The van der Waals surface area contributed by atoms with Crippen LogP contribution < -0.4 is 10.6 Å². The molecule has 1 heterocycles. The lowest BCUT2D eigenvalue weighted by Gasteiger charge is -2.30. The molecule has 2 bridgehead atoms. The van der Waals surface area contributed by atoms with E-state index in [-0.39, 0.29) is 42.4 Å². The molecule has 11 heteroatoms. The van der Waals surface area contributed by atoms with Crippen LogP contribution in [0.2, 0.25) is 0 Å². The summed E-state index contributed by atoms with van der Waals surface area (Å²) in [5.74, 6) is -3.00. The second-order valence-corrected chi connectivity index (χ2v) is 12.4. The smallest absolute Gasteiger partial charge is 0.328 e. The molecular formula is C36H48N2O9. The third-order valence-corrected chi connectivity index (χ3v) is 8.74. The lowest BCUT2D eigenvalue weighted by atomic mass is 9.87. The van der Waals surface area contributed by atoms with Gasteiger partial charge in [-0.1, -0.05) is 49.5 Å². The number of esters is 1. The van der Waals surface area contributed by atoms with Crippen molar-refractivity contribution in [2.45, 2.75) is 103 Å². The van der Waals surface area contributed by atoms with Crippen LogP contribution in [0, 0.1) is 11.8 Å². The fourth-order valence-electron chi connectivity index (χ4n) is 5.70. The fraction of sp³-hybridized carbons (Fsp3) is 0.528. The Balaban J connectivity index is 1.78. The van der Waals surface area contributed by atoms with E-state index in [9.17, 15) is 34.2 Å². The number of allylic oxidation sites excluding steroid dienone is 8. The Morgan fingerprint density at radius 2 is 1.72 bits per heavy atom. The van der Waals surface area contributed by atoms with Crippen molar-refractivity contribution in [1.29, 1.82) is 0 Å². The van der Waals surface area contributed by atoms with Gasteiger partial charge in [0, 0.05) is 37.0 Å². The molecule has 1 fully saturated rings. The second kappa shape index (κ2) is 18.4. The molecule has 4 N–H and O–H groups in total. The molecule has 1 aliphatic heterocycles. The van der Waals surface area contributed by atoms with Gasteiger partial charge >= 0.3 is 5.97 Å². The third kappa shape index (κ3) is 11.7. The zero-order chi connectivity index (χ0) is 34.5. The molecule has 0 radical (unpaired) electrons. The van der Waals surface area contributed by atoms with Crippen molar-refractivity contribution < 1.29 is 43.7 Å². The average Bonchev–Trinajstić information content (AvgIpc) is 3.03. The first-order valence-corrected chi connectivity index (χ1v) is 16.3. The van der Waals surface area contributed by atoms with E-state index in [0.717, 1.165) is 6.08 Å². The SMILES string of the molecule is COC1\C=C/C=C/C=C/CC(OC(=O)[C@@H](C)NC(=O)C2CCC(O)CC2)C(C)C(O)/C(C)=C/CCC2=CC(=O)C=C(NC(=O)C1)C2=O. The highest BCUT2D eigenvalue weighted by atomic mass is 16.5. The number of carbonyl (C=O) groups is 5. The molecule has 0 saturated heterocycles. The van der Waals surface area contributed by atoms with Crippen LogP contribution in [0.4, 0.5) is 0 Å². The minimum absolute atomic E-state index is 0.0675. The summed E-state index contributed by atoms with van der Waals surface area (Å²) in [5.41, 5.74) is 0.759. The van der Waals surface area contributed by atoms with Crippen molar-refractivity contribution in [2.75, 3.05) is 7.11 Å². The number of aliphatic hydroxyl groups excluding tert-OH is 2. The largest absolute Gasteiger partial charge is 0.460 e. The van der Waals surface area contributed by atoms with Crippen LogP contribution in [0.15, 0.2) is 71.5 Å². The Morgan fingerprint density at radius 3 is 2.43 bits per heavy atom. The predicted octanol–water partition coefficient (Wildman–Crippen LogP) is 3.23. The number of amides is 2. The molecule has 2 aliphatic carbocycles. The van der Waals surface area contributed by atoms with E-state index < -0.39 is 59.8 Å². The highest BCUT2D eigenvalue weighted by molar-refractivity contribution is 6.21. The molecule has 256 valence electrons. The monoisotopic (exact) mass is 652 g/mol.